The molecule has 0 aliphatic carbocycles. The molecule has 0 fully saturated rings. The van der Waals surface area contributed by atoms with Gasteiger partial charge in [-0.1, -0.05) is 13.8 Å². The Kier molecular flexibility index (Phi) is 4.73. The number of rotatable bonds is 5. The Morgan fingerprint density at radius 1 is 1.19 bits per heavy atom. The topological polar surface area (TPSA) is 55.6 Å². The summed E-state index contributed by atoms with van der Waals surface area (Å²) in [5, 5.41) is 8.10. The van der Waals surface area contributed by atoms with E-state index in [0.717, 1.165) is 41.8 Å². The quantitative estimate of drug-likeness (QED) is 0.918. The monoisotopic (exact) mass is 287 g/mol. The zero-order valence-corrected chi connectivity index (χ0v) is 13.9. The van der Waals surface area contributed by atoms with Crippen molar-refractivity contribution in [1.82, 2.24) is 25.1 Å². The van der Waals surface area contributed by atoms with Crippen LogP contribution in [0.2, 0.25) is 0 Å². The molecule has 2 heterocycles. The maximum Gasteiger partial charge on any atom is 0.157 e. The van der Waals surface area contributed by atoms with Gasteiger partial charge in [-0.25, -0.2) is 14.6 Å². The molecule has 0 aliphatic heterocycles. The maximum absolute atomic E-state index is 4.69. The van der Waals surface area contributed by atoms with Gasteiger partial charge in [-0.05, 0) is 40.2 Å². The molecule has 21 heavy (non-hydrogen) atoms. The molecule has 0 bridgehead atoms. The third-order valence-corrected chi connectivity index (χ3v) is 3.71. The van der Waals surface area contributed by atoms with E-state index < -0.39 is 0 Å². The van der Waals surface area contributed by atoms with Crippen LogP contribution >= 0.6 is 0 Å². The Balaban J connectivity index is 2.43. The van der Waals surface area contributed by atoms with Crippen LogP contribution in [0, 0.1) is 27.7 Å². The molecule has 0 aromatic carbocycles. The van der Waals surface area contributed by atoms with Crippen molar-refractivity contribution in [3.8, 4) is 5.82 Å². The molecular formula is C16H25N5. The highest BCUT2D eigenvalue weighted by Crippen LogP contribution is 2.24. The van der Waals surface area contributed by atoms with Gasteiger partial charge in [0.25, 0.3) is 0 Å². The van der Waals surface area contributed by atoms with E-state index in [1.54, 1.807) is 0 Å². The van der Waals surface area contributed by atoms with Crippen LogP contribution in [-0.4, -0.2) is 32.8 Å². The van der Waals surface area contributed by atoms with E-state index >= 15 is 0 Å². The summed E-state index contributed by atoms with van der Waals surface area (Å²) in [5.74, 6) is 2.06. The van der Waals surface area contributed by atoms with E-state index in [0.29, 0.717) is 5.92 Å². The zero-order chi connectivity index (χ0) is 15.6. The predicted octanol–water partition coefficient (Wildman–Crippen LogP) is 2.61. The highest BCUT2D eigenvalue weighted by Gasteiger charge is 2.18. The summed E-state index contributed by atoms with van der Waals surface area (Å²) in [6.45, 7) is 14.4. The van der Waals surface area contributed by atoms with Crippen LogP contribution < -0.4 is 5.32 Å². The zero-order valence-electron chi connectivity index (χ0n) is 13.9. The Morgan fingerprint density at radius 3 is 2.52 bits per heavy atom. The Labute approximate surface area is 126 Å². The van der Waals surface area contributed by atoms with E-state index in [2.05, 4.69) is 43.0 Å². The summed E-state index contributed by atoms with van der Waals surface area (Å²) in [6, 6.07) is 1.98. The summed E-state index contributed by atoms with van der Waals surface area (Å²) < 4.78 is 1.94. The molecule has 5 nitrogen and oxygen atoms in total. The SMILES string of the molecule is CCNCC(C)c1c(C)nn(-c2cc(C)nc(C)n2)c1C. The van der Waals surface area contributed by atoms with Gasteiger partial charge in [-0.3, -0.25) is 0 Å². The van der Waals surface area contributed by atoms with Crippen LogP contribution in [0.15, 0.2) is 6.07 Å². The number of likely N-dealkylation sites (N-methyl/N-ethyl adjacent to an activating group) is 1. The second-order valence-corrected chi connectivity index (χ2v) is 5.62. The first-order valence-electron chi connectivity index (χ1n) is 7.53. The number of nitrogens with one attached hydrogen (secondary N) is 1. The van der Waals surface area contributed by atoms with E-state index in [4.69, 9.17) is 5.10 Å². The summed E-state index contributed by atoms with van der Waals surface area (Å²) in [4.78, 5) is 8.85. The molecule has 0 saturated heterocycles. The molecule has 1 unspecified atom stereocenters. The third kappa shape index (κ3) is 3.29. The van der Waals surface area contributed by atoms with Crippen LogP contribution in [0.3, 0.4) is 0 Å². The van der Waals surface area contributed by atoms with Gasteiger partial charge in [-0.2, -0.15) is 5.10 Å². The lowest BCUT2D eigenvalue weighted by Gasteiger charge is -2.13. The smallest absolute Gasteiger partial charge is 0.157 e. The Bertz CT molecular complexity index is 610. The minimum atomic E-state index is 0.433. The lowest BCUT2D eigenvalue weighted by molar-refractivity contribution is 0.630. The lowest BCUT2D eigenvalue weighted by Crippen LogP contribution is -2.20. The number of aryl methyl sites for hydroxylation is 3. The first kappa shape index (κ1) is 15.6. The molecule has 2 aromatic rings. The van der Waals surface area contributed by atoms with Gasteiger partial charge in [0, 0.05) is 29.6 Å². The molecule has 1 N–H and O–H groups in total. The van der Waals surface area contributed by atoms with Crippen molar-refractivity contribution in [3.05, 3.63) is 34.5 Å². The number of nitrogens with zero attached hydrogens (tertiary/aromatic N) is 4. The molecule has 2 rings (SSSR count). The number of aromatic nitrogens is 4. The average molecular weight is 287 g/mol. The summed E-state index contributed by atoms with van der Waals surface area (Å²) in [6.07, 6.45) is 0. The first-order valence-corrected chi connectivity index (χ1v) is 7.53. The van der Waals surface area contributed by atoms with Crippen molar-refractivity contribution in [2.24, 2.45) is 0 Å². The Morgan fingerprint density at radius 2 is 1.90 bits per heavy atom. The number of hydrogen-bond acceptors (Lipinski definition) is 4. The molecule has 0 aliphatic rings. The average Bonchev–Trinajstić information content (AvgIpc) is 2.70. The van der Waals surface area contributed by atoms with Crippen LogP contribution in [0.25, 0.3) is 5.82 Å². The normalized spacial score (nSPS) is 12.7. The van der Waals surface area contributed by atoms with Crippen molar-refractivity contribution in [1.29, 1.82) is 0 Å². The molecule has 0 radical (unpaired) electrons. The number of hydrogen-bond donors (Lipinski definition) is 1. The predicted molar refractivity (Wildman–Crippen MR) is 85.1 cm³/mol. The largest absolute Gasteiger partial charge is 0.316 e. The second-order valence-electron chi connectivity index (χ2n) is 5.62. The Hall–Kier alpha value is -1.75. The molecule has 0 amide bonds. The molecule has 5 heteroatoms. The maximum atomic E-state index is 4.69. The fourth-order valence-corrected chi connectivity index (χ4v) is 2.86. The minimum Gasteiger partial charge on any atom is -0.316 e. The fourth-order valence-electron chi connectivity index (χ4n) is 2.86. The van der Waals surface area contributed by atoms with E-state index in [1.165, 1.54) is 5.56 Å². The highest BCUT2D eigenvalue weighted by molar-refractivity contribution is 5.35. The minimum absolute atomic E-state index is 0.433. The second kappa shape index (κ2) is 6.35. The van der Waals surface area contributed by atoms with Crippen molar-refractivity contribution in [2.75, 3.05) is 13.1 Å². The van der Waals surface area contributed by atoms with Gasteiger partial charge in [0.1, 0.15) is 5.82 Å². The van der Waals surface area contributed by atoms with Gasteiger partial charge < -0.3 is 5.32 Å². The molecular weight excluding hydrogens is 262 g/mol. The first-order chi connectivity index (χ1) is 9.93. The van der Waals surface area contributed by atoms with Crippen LogP contribution in [0.5, 0.6) is 0 Å². The molecule has 0 spiro atoms. The molecule has 2 aromatic heterocycles. The van der Waals surface area contributed by atoms with E-state index in [1.807, 2.05) is 24.6 Å². The summed E-state index contributed by atoms with van der Waals surface area (Å²) in [7, 11) is 0. The van der Waals surface area contributed by atoms with Gasteiger partial charge >= 0.3 is 0 Å². The highest BCUT2D eigenvalue weighted by atomic mass is 15.3. The standard InChI is InChI=1S/C16H25N5/c1-7-17-9-10(2)16-12(4)20-21(13(16)5)15-8-11(3)18-14(6)19-15/h8,10,17H,7,9H2,1-6H3. The van der Waals surface area contributed by atoms with E-state index in [-0.39, 0.29) is 0 Å². The van der Waals surface area contributed by atoms with E-state index in [9.17, 15) is 0 Å². The van der Waals surface area contributed by atoms with Crippen LogP contribution in [0.4, 0.5) is 0 Å². The third-order valence-electron chi connectivity index (χ3n) is 3.71. The van der Waals surface area contributed by atoms with Crippen LogP contribution in [0.1, 0.15) is 48.2 Å². The van der Waals surface area contributed by atoms with Crippen LogP contribution in [-0.2, 0) is 0 Å². The van der Waals surface area contributed by atoms with Gasteiger partial charge in [0.05, 0.1) is 5.69 Å². The molecule has 114 valence electrons. The lowest BCUT2D eigenvalue weighted by atomic mass is 9.99. The summed E-state index contributed by atoms with van der Waals surface area (Å²) in [5.41, 5.74) is 4.51. The molecule has 1 atom stereocenters. The fraction of sp³-hybridized carbons (Fsp3) is 0.562. The van der Waals surface area contributed by atoms with Crippen molar-refractivity contribution < 1.29 is 0 Å². The van der Waals surface area contributed by atoms with Crippen molar-refractivity contribution >= 4 is 0 Å². The van der Waals surface area contributed by atoms with Gasteiger partial charge in [-0.15, -0.1) is 0 Å². The van der Waals surface area contributed by atoms with Crippen molar-refractivity contribution in [3.63, 3.8) is 0 Å². The van der Waals surface area contributed by atoms with Crippen molar-refractivity contribution in [2.45, 2.75) is 47.5 Å². The molecule has 0 saturated carbocycles. The van der Waals surface area contributed by atoms with Gasteiger partial charge in [0.2, 0.25) is 0 Å². The van der Waals surface area contributed by atoms with Gasteiger partial charge in [0.15, 0.2) is 5.82 Å². The summed E-state index contributed by atoms with van der Waals surface area (Å²) >= 11 is 0.